The van der Waals surface area contributed by atoms with Crippen LogP contribution in [0.25, 0.3) is 11.0 Å². The molecule has 0 bridgehead atoms. The highest BCUT2D eigenvalue weighted by atomic mass is 16.3. The maximum Gasteiger partial charge on any atom is 0.294 e. The first-order chi connectivity index (χ1) is 11.6. The molecule has 6 nitrogen and oxygen atoms in total. The highest BCUT2D eigenvalue weighted by molar-refractivity contribution is 6.16. The zero-order valence-electron chi connectivity index (χ0n) is 13.5. The number of carbonyl (C=O) groups excluding carboxylic acids is 2. The largest absolute Gasteiger partial charge is 0.503 e. The molecule has 2 N–H and O–H groups in total. The van der Waals surface area contributed by atoms with E-state index in [-0.39, 0.29) is 23.5 Å². The molecule has 1 atom stereocenters. The highest BCUT2D eigenvalue weighted by Crippen LogP contribution is 2.45. The molecule has 2 aromatic rings. The van der Waals surface area contributed by atoms with Crippen LogP contribution in [0.4, 0.5) is 5.69 Å². The van der Waals surface area contributed by atoms with Crippen molar-refractivity contribution in [2.24, 2.45) is 5.92 Å². The van der Waals surface area contributed by atoms with Gasteiger partial charge in [0, 0.05) is 12.1 Å². The Morgan fingerprint density at radius 3 is 2.92 bits per heavy atom. The predicted molar refractivity (Wildman–Crippen MR) is 89.7 cm³/mol. The van der Waals surface area contributed by atoms with Crippen molar-refractivity contribution >= 4 is 28.4 Å². The standard InChI is InChI=1S/C18H19N3O3/c1-2-3-14(22)15-16(10-4-5-10)21(18(24)17(15)23)11-6-7-12-13(8-11)20-9-19-12/h6-10,16,23H,2-5H2,1H3,(H,19,20). The topological polar surface area (TPSA) is 86.3 Å². The van der Waals surface area contributed by atoms with Gasteiger partial charge >= 0.3 is 0 Å². The lowest BCUT2D eigenvalue weighted by atomic mass is 9.96. The van der Waals surface area contributed by atoms with Gasteiger partial charge < -0.3 is 10.1 Å². The molecular weight excluding hydrogens is 306 g/mol. The van der Waals surface area contributed by atoms with Crippen molar-refractivity contribution in [3.8, 4) is 0 Å². The summed E-state index contributed by atoms with van der Waals surface area (Å²) in [6, 6.07) is 5.15. The Hall–Kier alpha value is -2.63. The summed E-state index contributed by atoms with van der Waals surface area (Å²) in [5, 5.41) is 10.4. The van der Waals surface area contributed by atoms with Crippen LogP contribution in [0.3, 0.4) is 0 Å². The molecule has 1 saturated carbocycles. The second kappa shape index (κ2) is 5.47. The van der Waals surface area contributed by atoms with Gasteiger partial charge in [0.05, 0.1) is 29.0 Å². The smallest absolute Gasteiger partial charge is 0.294 e. The third kappa shape index (κ3) is 2.21. The van der Waals surface area contributed by atoms with Crippen LogP contribution in [0.5, 0.6) is 0 Å². The number of rotatable bonds is 5. The van der Waals surface area contributed by atoms with Gasteiger partial charge in [-0.15, -0.1) is 0 Å². The molecule has 0 saturated heterocycles. The lowest BCUT2D eigenvalue weighted by Gasteiger charge is -2.26. The molecule has 1 aliphatic heterocycles. The van der Waals surface area contributed by atoms with Crippen LogP contribution in [0.2, 0.25) is 0 Å². The van der Waals surface area contributed by atoms with Gasteiger partial charge in [-0.25, -0.2) is 4.98 Å². The number of hydrogen-bond acceptors (Lipinski definition) is 4. The number of aliphatic hydroxyl groups is 1. The molecule has 6 heteroatoms. The van der Waals surface area contributed by atoms with E-state index < -0.39 is 5.91 Å². The van der Waals surface area contributed by atoms with Crippen molar-refractivity contribution in [1.29, 1.82) is 0 Å². The number of aliphatic hydroxyl groups excluding tert-OH is 1. The van der Waals surface area contributed by atoms with Gasteiger partial charge in [-0.05, 0) is 43.4 Å². The molecule has 1 aromatic heterocycles. The van der Waals surface area contributed by atoms with Crippen LogP contribution < -0.4 is 4.90 Å². The summed E-state index contributed by atoms with van der Waals surface area (Å²) >= 11 is 0. The first-order valence-electron chi connectivity index (χ1n) is 8.34. The van der Waals surface area contributed by atoms with E-state index in [0.717, 1.165) is 23.9 Å². The molecular formula is C18H19N3O3. The van der Waals surface area contributed by atoms with Gasteiger partial charge in [0.25, 0.3) is 5.91 Å². The summed E-state index contributed by atoms with van der Waals surface area (Å²) < 4.78 is 0. The van der Waals surface area contributed by atoms with Crippen molar-refractivity contribution in [2.75, 3.05) is 4.90 Å². The molecule has 0 spiro atoms. The number of anilines is 1. The number of H-pyrrole nitrogens is 1. The summed E-state index contributed by atoms with van der Waals surface area (Å²) in [7, 11) is 0. The molecule has 2 aliphatic rings. The fourth-order valence-electron chi connectivity index (χ4n) is 3.49. The summed E-state index contributed by atoms with van der Waals surface area (Å²) in [5.41, 5.74) is 2.60. The Labute approximate surface area is 139 Å². The number of fused-ring (bicyclic) bond motifs is 1. The van der Waals surface area contributed by atoms with Crippen molar-refractivity contribution < 1.29 is 14.7 Å². The minimum atomic E-state index is -0.485. The van der Waals surface area contributed by atoms with Gasteiger partial charge in [-0.1, -0.05) is 6.92 Å². The molecule has 2 heterocycles. The fraction of sp³-hybridized carbons (Fsp3) is 0.389. The third-order valence-corrected chi connectivity index (χ3v) is 4.78. The van der Waals surface area contributed by atoms with E-state index >= 15 is 0 Å². The number of hydrogen-bond donors (Lipinski definition) is 2. The first kappa shape index (κ1) is 14.9. The molecule has 1 aromatic carbocycles. The number of imidazole rings is 1. The number of benzene rings is 1. The lowest BCUT2D eigenvalue weighted by Crippen LogP contribution is -2.38. The van der Waals surface area contributed by atoms with Crippen molar-refractivity contribution in [3.63, 3.8) is 0 Å². The predicted octanol–water partition coefficient (Wildman–Crippen LogP) is 2.87. The summed E-state index contributed by atoms with van der Waals surface area (Å²) in [6.07, 6.45) is 4.58. The Kier molecular flexibility index (Phi) is 3.40. The van der Waals surface area contributed by atoms with E-state index in [1.807, 2.05) is 25.1 Å². The second-order valence-corrected chi connectivity index (χ2v) is 6.50. The van der Waals surface area contributed by atoms with Crippen LogP contribution in [0.1, 0.15) is 32.6 Å². The third-order valence-electron chi connectivity index (χ3n) is 4.78. The van der Waals surface area contributed by atoms with Crippen molar-refractivity contribution in [1.82, 2.24) is 9.97 Å². The van der Waals surface area contributed by atoms with Crippen LogP contribution in [-0.2, 0) is 9.59 Å². The van der Waals surface area contributed by atoms with E-state index in [2.05, 4.69) is 9.97 Å². The molecule has 4 rings (SSSR count). The first-order valence-corrected chi connectivity index (χ1v) is 8.34. The minimum Gasteiger partial charge on any atom is -0.503 e. The molecule has 124 valence electrons. The van der Waals surface area contributed by atoms with Gasteiger partial charge in [0.15, 0.2) is 11.5 Å². The number of aromatic nitrogens is 2. The van der Waals surface area contributed by atoms with E-state index in [4.69, 9.17) is 0 Å². The normalized spacial score (nSPS) is 21.1. The highest BCUT2D eigenvalue weighted by Gasteiger charge is 2.49. The van der Waals surface area contributed by atoms with Crippen LogP contribution in [0, 0.1) is 5.92 Å². The van der Waals surface area contributed by atoms with Crippen molar-refractivity contribution in [2.45, 2.75) is 38.6 Å². The fourth-order valence-corrected chi connectivity index (χ4v) is 3.49. The zero-order chi connectivity index (χ0) is 16.8. The Balaban J connectivity index is 1.77. The van der Waals surface area contributed by atoms with Crippen LogP contribution in [0.15, 0.2) is 35.9 Å². The van der Waals surface area contributed by atoms with E-state index in [9.17, 15) is 14.7 Å². The Morgan fingerprint density at radius 2 is 2.21 bits per heavy atom. The number of carbonyl (C=O) groups is 2. The minimum absolute atomic E-state index is 0.122. The summed E-state index contributed by atoms with van der Waals surface area (Å²) in [5.74, 6) is -0.749. The van der Waals surface area contributed by atoms with Gasteiger partial charge in [0.1, 0.15) is 0 Å². The number of amides is 1. The van der Waals surface area contributed by atoms with Gasteiger partial charge in [0.2, 0.25) is 0 Å². The quantitative estimate of drug-likeness (QED) is 0.885. The number of nitrogens with zero attached hydrogens (tertiary/aromatic N) is 2. The van der Waals surface area contributed by atoms with Gasteiger partial charge in [-0.2, -0.15) is 0 Å². The Bertz CT molecular complexity index is 863. The molecule has 1 aliphatic carbocycles. The maximum atomic E-state index is 12.7. The number of nitrogens with one attached hydrogen (secondary N) is 1. The second-order valence-electron chi connectivity index (χ2n) is 6.50. The summed E-state index contributed by atoms with van der Waals surface area (Å²) in [6.45, 7) is 1.92. The average Bonchev–Trinajstić information content (AvgIpc) is 3.24. The average molecular weight is 325 g/mol. The molecule has 1 fully saturated rings. The van der Waals surface area contributed by atoms with Gasteiger partial charge in [-0.3, -0.25) is 14.5 Å². The molecule has 0 radical (unpaired) electrons. The van der Waals surface area contributed by atoms with E-state index in [1.165, 1.54) is 0 Å². The number of ketones is 1. The number of aromatic amines is 1. The Morgan fingerprint density at radius 1 is 1.42 bits per heavy atom. The number of Topliss-reactive ketones (excluding diaryl/α,β-unsaturated/α-hetero) is 1. The van der Waals surface area contributed by atoms with Crippen LogP contribution in [-0.4, -0.2) is 32.8 Å². The van der Waals surface area contributed by atoms with Crippen LogP contribution >= 0.6 is 0 Å². The summed E-state index contributed by atoms with van der Waals surface area (Å²) in [4.78, 5) is 34.0. The van der Waals surface area contributed by atoms with Crippen molar-refractivity contribution in [3.05, 3.63) is 35.9 Å². The zero-order valence-corrected chi connectivity index (χ0v) is 13.5. The maximum absolute atomic E-state index is 12.7. The molecule has 1 amide bonds. The van der Waals surface area contributed by atoms with E-state index in [0.29, 0.717) is 24.1 Å². The molecule has 24 heavy (non-hydrogen) atoms. The molecule has 1 unspecified atom stereocenters. The lowest BCUT2D eigenvalue weighted by molar-refractivity contribution is -0.118. The SMILES string of the molecule is CCCC(=O)C1=C(O)C(=O)N(c2ccc3[nH]cnc3c2)C1C1CC1. The van der Waals surface area contributed by atoms with E-state index in [1.54, 1.807) is 11.2 Å². The monoisotopic (exact) mass is 325 g/mol.